The van der Waals surface area contributed by atoms with Crippen molar-refractivity contribution in [1.29, 1.82) is 0 Å². The Hall–Kier alpha value is -1.84. The highest BCUT2D eigenvalue weighted by molar-refractivity contribution is 7.10. The second kappa shape index (κ2) is 5.65. The molecule has 0 aliphatic carbocycles. The average molecular weight is 291 g/mol. The number of thiophene rings is 1. The Balaban J connectivity index is 2.12. The van der Waals surface area contributed by atoms with E-state index < -0.39 is 5.54 Å². The van der Waals surface area contributed by atoms with Crippen LogP contribution < -0.4 is 11.1 Å². The average Bonchev–Trinajstić information content (AvgIpc) is 2.96. The summed E-state index contributed by atoms with van der Waals surface area (Å²) < 4.78 is 0. The van der Waals surface area contributed by atoms with E-state index >= 15 is 0 Å². The largest absolute Gasteiger partial charge is 0.325 e. The number of hydrogen-bond acceptors (Lipinski definition) is 4. The van der Waals surface area contributed by atoms with E-state index in [1.165, 1.54) is 16.2 Å². The lowest BCUT2D eigenvalue weighted by molar-refractivity contribution is -0.131. The van der Waals surface area contributed by atoms with Crippen molar-refractivity contribution in [2.24, 2.45) is 5.73 Å². The molecule has 2 heterocycles. The number of carbonyl (C=O) groups excluding carboxylic acids is 2. The molecule has 3 amide bonds. The zero-order chi connectivity index (χ0) is 14.8. The van der Waals surface area contributed by atoms with Crippen LogP contribution in [0.1, 0.15) is 30.7 Å². The summed E-state index contributed by atoms with van der Waals surface area (Å²) in [5.74, 6) is 5.53. The van der Waals surface area contributed by atoms with Crippen molar-refractivity contribution in [3.05, 3.63) is 21.9 Å². The fourth-order valence-electron chi connectivity index (χ4n) is 1.97. The quantitative estimate of drug-likeness (QED) is 0.650. The molecule has 0 bridgehead atoms. The molecule has 0 spiro atoms. The van der Waals surface area contributed by atoms with Crippen molar-refractivity contribution in [2.45, 2.75) is 32.4 Å². The first-order chi connectivity index (χ1) is 9.50. The Bertz CT molecular complexity index is 599. The zero-order valence-electron chi connectivity index (χ0n) is 11.5. The molecule has 1 atom stereocenters. The molecule has 5 nitrogen and oxygen atoms in total. The van der Waals surface area contributed by atoms with E-state index in [0.717, 1.165) is 10.4 Å². The number of imide groups is 1. The van der Waals surface area contributed by atoms with Gasteiger partial charge in [-0.3, -0.25) is 9.69 Å². The Morgan fingerprint density at radius 2 is 2.25 bits per heavy atom. The number of nitrogens with zero attached hydrogens (tertiary/aromatic N) is 1. The highest BCUT2D eigenvalue weighted by Crippen LogP contribution is 2.24. The summed E-state index contributed by atoms with van der Waals surface area (Å²) in [6, 6.07) is 1.55. The number of amides is 3. The monoisotopic (exact) mass is 291 g/mol. The standard InChI is InChI=1S/C14H17N3O2S/c1-3-14(2)12(18)17(13(19)16-14)8-11-7-10(9-20-11)5-4-6-15/h7,9H,3,6,8,15H2,1-2H3,(H,16,19). The van der Waals surface area contributed by atoms with E-state index in [4.69, 9.17) is 5.73 Å². The van der Waals surface area contributed by atoms with E-state index in [-0.39, 0.29) is 18.5 Å². The molecule has 0 saturated carbocycles. The highest BCUT2D eigenvalue weighted by atomic mass is 32.1. The van der Waals surface area contributed by atoms with Crippen LogP contribution >= 0.6 is 11.3 Å². The first kappa shape index (κ1) is 14.6. The van der Waals surface area contributed by atoms with Crippen molar-refractivity contribution < 1.29 is 9.59 Å². The van der Waals surface area contributed by atoms with Crippen molar-refractivity contribution in [1.82, 2.24) is 10.2 Å². The summed E-state index contributed by atoms with van der Waals surface area (Å²) in [6.07, 6.45) is 0.575. The maximum absolute atomic E-state index is 12.3. The van der Waals surface area contributed by atoms with Gasteiger partial charge < -0.3 is 11.1 Å². The lowest BCUT2D eigenvalue weighted by Crippen LogP contribution is -2.43. The van der Waals surface area contributed by atoms with Gasteiger partial charge in [-0.05, 0) is 19.4 Å². The predicted molar refractivity (Wildman–Crippen MR) is 78.0 cm³/mol. The van der Waals surface area contributed by atoms with Crippen LogP contribution in [0.3, 0.4) is 0 Å². The van der Waals surface area contributed by atoms with Crippen LogP contribution in [-0.2, 0) is 11.3 Å². The van der Waals surface area contributed by atoms with Crippen molar-refractivity contribution in [3.8, 4) is 11.8 Å². The van der Waals surface area contributed by atoms with Crippen molar-refractivity contribution in [2.75, 3.05) is 6.54 Å². The Morgan fingerprint density at radius 3 is 2.85 bits per heavy atom. The summed E-state index contributed by atoms with van der Waals surface area (Å²) >= 11 is 1.48. The summed E-state index contributed by atoms with van der Waals surface area (Å²) in [5, 5.41) is 4.64. The van der Waals surface area contributed by atoms with Crippen molar-refractivity contribution in [3.63, 3.8) is 0 Å². The van der Waals surface area contributed by atoms with Crippen LogP contribution in [0.25, 0.3) is 0 Å². The third-order valence-electron chi connectivity index (χ3n) is 3.35. The molecule has 6 heteroatoms. The Kier molecular flexibility index (Phi) is 4.12. The zero-order valence-corrected chi connectivity index (χ0v) is 12.3. The molecule has 20 heavy (non-hydrogen) atoms. The number of urea groups is 1. The fourth-order valence-corrected chi connectivity index (χ4v) is 2.77. The van der Waals surface area contributed by atoms with Gasteiger partial charge in [0.1, 0.15) is 5.54 Å². The SMILES string of the molecule is CCC1(C)NC(=O)N(Cc2cc(C#CCN)cs2)C1=O. The van der Waals surface area contributed by atoms with Crippen LogP contribution in [0.2, 0.25) is 0 Å². The van der Waals surface area contributed by atoms with E-state index in [9.17, 15) is 9.59 Å². The van der Waals surface area contributed by atoms with Crippen molar-refractivity contribution >= 4 is 23.3 Å². The molecule has 1 saturated heterocycles. The minimum Gasteiger partial charge on any atom is -0.323 e. The molecule has 0 radical (unpaired) electrons. The van der Waals surface area contributed by atoms with Gasteiger partial charge in [-0.25, -0.2) is 4.79 Å². The first-order valence-corrected chi connectivity index (χ1v) is 7.28. The van der Waals surface area contributed by atoms with Crippen LogP contribution in [-0.4, -0.2) is 28.9 Å². The second-order valence-electron chi connectivity index (χ2n) is 4.81. The lowest BCUT2D eigenvalue weighted by atomic mass is 9.99. The van der Waals surface area contributed by atoms with Gasteiger partial charge in [0.15, 0.2) is 0 Å². The summed E-state index contributed by atoms with van der Waals surface area (Å²) in [4.78, 5) is 26.3. The summed E-state index contributed by atoms with van der Waals surface area (Å²) in [6.45, 7) is 4.23. The van der Waals surface area contributed by atoms with E-state index in [1.807, 2.05) is 18.4 Å². The number of nitrogens with two attached hydrogens (primary N) is 1. The Morgan fingerprint density at radius 1 is 1.50 bits per heavy atom. The van der Waals surface area contributed by atoms with Gasteiger partial charge in [-0.2, -0.15) is 0 Å². The lowest BCUT2D eigenvalue weighted by Gasteiger charge is -2.18. The third-order valence-corrected chi connectivity index (χ3v) is 4.28. The van der Waals surface area contributed by atoms with Gasteiger partial charge in [-0.1, -0.05) is 18.8 Å². The molecule has 1 aromatic rings. The van der Waals surface area contributed by atoms with Gasteiger partial charge in [0, 0.05) is 15.8 Å². The highest BCUT2D eigenvalue weighted by Gasteiger charge is 2.46. The fraction of sp³-hybridized carbons (Fsp3) is 0.429. The van der Waals surface area contributed by atoms with E-state index in [2.05, 4.69) is 17.2 Å². The number of nitrogens with one attached hydrogen (secondary N) is 1. The molecule has 3 N–H and O–H groups in total. The molecule has 1 aliphatic heterocycles. The van der Waals surface area contributed by atoms with Gasteiger partial charge in [0.2, 0.25) is 0 Å². The molecule has 0 aromatic carbocycles. The van der Waals surface area contributed by atoms with E-state index in [0.29, 0.717) is 13.0 Å². The molecular formula is C14H17N3O2S. The van der Waals surface area contributed by atoms with Gasteiger partial charge >= 0.3 is 6.03 Å². The minimum absolute atomic E-state index is 0.173. The van der Waals surface area contributed by atoms with Crippen LogP contribution in [0.5, 0.6) is 0 Å². The second-order valence-corrected chi connectivity index (χ2v) is 5.81. The van der Waals surface area contributed by atoms with Gasteiger partial charge in [0.05, 0.1) is 13.1 Å². The molecule has 1 unspecified atom stereocenters. The Labute approximate surface area is 122 Å². The minimum atomic E-state index is -0.781. The van der Waals surface area contributed by atoms with E-state index in [1.54, 1.807) is 6.92 Å². The summed E-state index contributed by atoms with van der Waals surface area (Å²) in [5.41, 5.74) is 5.40. The number of carbonyl (C=O) groups is 2. The third kappa shape index (κ3) is 2.69. The van der Waals surface area contributed by atoms with Gasteiger partial charge in [0.25, 0.3) is 5.91 Å². The molecule has 1 fully saturated rings. The molecule has 1 aromatic heterocycles. The maximum atomic E-state index is 12.3. The molecule has 106 valence electrons. The van der Waals surface area contributed by atoms with Crippen LogP contribution in [0.4, 0.5) is 4.79 Å². The first-order valence-electron chi connectivity index (χ1n) is 6.40. The molecule has 2 rings (SSSR count). The number of rotatable bonds is 3. The molecule has 1 aliphatic rings. The maximum Gasteiger partial charge on any atom is 0.325 e. The molecular weight excluding hydrogens is 274 g/mol. The number of hydrogen-bond donors (Lipinski definition) is 2. The van der Waals surface area contributed by atoms with Crippen LogP contribution in [0.15, 0.2) is 11.4 Å². The van der Waals surface area contributed by atoms with Crippen LogP contribution in [0, 0.1) is 11.8 Å². The smallest absolute Gasteiger partial charge is 0.323 e. The van der Waals surface area contributed by atoms with Gasteiger partial charge in [-0.15, -0.1) is 11.3 Å². The predicted octanol–water partition coefficient (Wildman–Crippen LogP) is 1.28. The normalized spacial score (nSPS) is 21.6. The summed E-state index contributed by atoms with van der Waals surface area (Å²) in [7, 11) is 0. The topological polar surface area (TPSA) is 75.4 Å².